The van der Waals surface area contributed by atoms with Crippen LogP contribution in [0.3, 0.4) is 0 Å². The highest BCUT2D eigenvalue weighted by molar-refractivity contribution is 5.95. The first-order valence-corrected chi connectivity index (χ1v) is 8.33. The molecule has 0 unspecified atom stereocenters. The Morgan fingerprint density at radius 2 is 1.87 bits per heavy atom. The van der Waals surface area contributed by atoms with E-state index in [4.69, 9.17) is 9.47 Å². The standard InChI is InChI=1S/C17H22N2O4/c20-14-3-1-2-13(14)18-6-8-19(9-7-18)17(21)12-4-5-15-16(10-12)23-11-22-15/h4-5,10,13-14,20H,1-3,6-9,11H2/t13-,14-/m0/s1. The smallest absolute Gasteiger partial charge is 0.254 e. The molecule has 1 aromatic rings. The van der Waals surface area contributed by atoms with Crippen molar-refractivity contribution in [3.8, 4) is 11.5 Å². The van der Waals surface area contributed by atoms with Crippen molar-refractivity contribution in [1.82, 2.24) is 9.80 Å². The van der Waals surface area contributed by atoms with Gasteiger partial charge in [-0.1, -0.05) is 0 Å². The lowest BCUT2D eigenvalue weighted by Gasteiger charge is -2.39. The summed E-state index contributed by atoms with van der Waals surface area (Å²) in [4.78, 5) is 16.9. The maximum atomic E-state index is 12.7. The molecule has 2 atom stereocenters. The minimum Gasteiger partial charge on any atom is -0.454 e. The second kappa shape index (κ2) is 6.02. The van der Waals surface area contributed by atoms with E-state index >= 15 is 0 Å². The molecule has 4 rings (SSSR count). The van der Waals surface area contributed by atoms with Gasteiger partial charge in [0.05, 0.1) is 6.10 Å². The van der Waals surface area contributed by atoms with Gasteiger partial charge < -0.3 is 19.5 Å². The summed E-state index contributed by atoms with van der Waals surface area (Å²) < 4.78 is 10.6. The van der Waals surface area contributed by atoms with Gasteiger partial charge in [-0.3, -0.25) is 9.69 Å². The minimum absolute atomic E-state index is 0.0370. The molecule has 1 saturated carbocycles. The van der Waals surface area contributed by atoms with E-state index in [0.717, 1.165) is 32.4 Å². The summed E-state index contributed by atoms with van der Waals surface area (Å²) in [6, 6.07) is 5.62. The Balaban J connectivity index is 1.39. The Kier molecular flexibility index (Phi) is 3.87. The van der Waals surface area contributed by atoms with E-state index in [1.807, 2.05) is 4.90 Å². The van der Waals surface area contributed by atoms with Crippen molar-refractivity contribution >= 4 is 5.91 Å². The number of benzene rings is 1. The number of aliphatic hydroxyl groups excluding tert-OH is 1. The van der Waals surface area contributed by atoms with Gasteiger partial charge in [0.1, 0.15) is 0 Å². The van der Waals surface area contributed by atoms with Gasteiger partial charge in [0.2, 0.25) is 6.79 Å². The third-order valence-corrected chi connectivity index (χ3v) is 5.13. The number of nitrogens with zero attached hydrogens (tertiary/aromatic N) is 2. The molecule has 1 saturated heterocycles. The van der Waals surface area contributed by atoms with Crippen LogP contribution in [0.25, 0.3) is 0 Å². The van der Waals surface area contributed by atoms with Crippen molar-refractivity contribution in [2.45, 2.75) is 31.4 Å². The Hall–Kier alpha value is -1.79. The van der Waals surface area contributed by atoms with Crippen LogP contribution < -0.4 is 9.47 Å². The first-order valence-electron chi connectivity index (χ1n) is 8.33. The van der Waals surface area contributed by atoms with Crippen LogP contribution in [0.1, 0.15) is 29.6 Å². The van der Waals surface area contributed by atoms with Crippen molar-refractivity contribution < 1.29 is 19.4 Å². The largest absolute Gasteiger partial charge is 0.454 e. The second-order valence-electron chi connectivity index (χ2n) is 6.46. The molecule has 0 bridgehead atoms. The van der Waals surface area contributed by atoms with Gasteiger partial charge in [-0.15, -0.1) is 0 Å². The molecule has 0 aromatic heterocycles. The molecule has 1 amide bonds. The Morgan fingerprint density at radius 3 is 2.61 bits per heavy atom. The quantitative estimate of drug-likeness (QED) is 0.884. The van der Waals surface area contributed by atoms with Crippen LogP contribution in [-0.4, -0.2) is 65.9 Å². The van der Waals surface area contributed by atoms with Crippen molar-refractivity contribution in [2.75, 3.05) is 33.0 Å². The predicted octanol–water partition coefficient (Wildman–Crippen LogP) is 1.09. The van der Waals surface area contributed by atoms with Crippen LogP contribution >= 0.6 is 0 Å². The molecule has 1 aromatic carbocycles. The van der Waals surface area contributed by atoms with Crippen LogP contribution in [0.15, 0.2) is 18.2 Å². The normalized spacial score (nSPS) is 27.4. The van der Waals surface area contributed by atoms with E-state index in [9.17, 15) is 9.90 Å². The molecule has 0 radical (unpaired) electrons. The zero-order valence-corrected chi connectivity index (χ0v) is 13.1. The number of amides is 1. The lowest BCUT2D eigenvalue weighted by atomic mass is 10.1. The molecule has 1 N–H and O–H groups in total. The highest BCUT2D eigenvalue weighted by Gasteiger charge is 2.33. The third kappa shape index (κ3) is 2.77. The average Bonchev–Trinajstić information content (AvgIpc) is 3.22. The van der Waals surface area contributed by atoms with Gasteiger partial charge in [0, 0.05) is 37.8 Å². The molecule has 6 nitrogen and oxygen atoms in total. The summed E-state index contributed by atoms with van der Waals surface area (Å²) in [6.45, 7) is 3.29. The van der Waals surface area contributed by atoms with Crippen LogP contribution in [0.5, 0.6) is 11.5 Å². The Morgan fingerprint density at radius 1 is 1.09 bits per heavy atom. The Labute approximate surface area is 135 Å². The van der Waals surface area contributed by atoms with E-state index < -0.39 is 0 Å². The van der Waals surface area contributed by atoms with E-state index in [-0.39, 0.29) is 24.8 Å². The van der Waals surface area contributed by atoms with Gasteiger partial charge in [-0.05, 0) is 37.5 Å². The molecule has 2 aliphatic heterocycles. The highest BCUT2D eigenvalue weighted by atomic mass is 16.7. The molecule has 6 heteroatoms. The summed E-state index contributed by atoms with van der Waals surface area (Å²) in [6.07, 6.45) is 2.87. The molecular formula is C17H22N2O4. The highest BCUT2D eigenvalue weighted by Crippen LogP contribution is 2.33. The van der Waals surface area contributed by atoms with Crippen molar-refractivity contribution in [2.24, 2.45) is 0 Å². The van der Waals surface area contributed by atoms with E-state index in [0.29, 0.717) is 30.2 Å². The van der Waals surface area contributed by atoms with Crippen molar-refractivity contribution in [1.29, 1.82) is 0 Å². The number of fused-ring (bicyclic) bond motifs is 1. The fraction of sp³-hybridized carbons (Fsp3) is 0.588. The maximum Gasteiger partial charge on any atom is 0.254 e. The van der Waals surface area contributed by atoms with Gasteiger partial charge in [0.25, 0.3) is 5.91 Å². The number of ether oxygens (including phenoxy) is 2. The van der Waals surface area contributed by atoms with Crippen molar-refractivity contribution in [3.05, 3.63) is 23.8 Å². The summed E-state index contributed by atoms with van der Waals surface area (Å²) in [5.41, 5.74) is 0.642. The van der Waals surface area contributed by atoms with Crippen molar-refractivity contribution in [3.63, 3.8) is 0 Å². The summed E-state index contributed by atoms with van der Waals surface area (Å²) in [7, 11) is 0. The lowest BCUT2D eigenvalue weighted by molar-refractivity contribution is 0.0315. The molecule has 2 fully saturated rings. The van der Waals surface area contributed by atoms with Gasteiger partial charge in [0.15, 0.2) is 11.5 Å². The molecule has 2 heterocycles. The number of aliphatic hydroxyl groups is 1. The number of rotatable bonds is 2. The predicted molar refractivity (Wildman–Crippen MR) is 83.7 cm³/mol. The topological polar surface area (TPSA) is 62.2 Å². The number of carbonyl (C=O) groups is 1. The Bertz CT molecular complexity index is 598. The second-order valence-corrected chi connectivity index (χ2v) is 6.46. The molecule has 3 aliphatic rings. The first kappa shape index (κ1) is 14.8. The lowest BCUT2D eigenvalue weighted by Crippen LogP contribution is -2.53. The van der Waals surface area contributed by atoms with E-state index in [1.54, 1.807) is 18.2 Å². The first-order chi connectivity index (χ1) is 11.2. The summed E-state index contributed by atoms with van der Waals surface area (Å²) in [5, 5.41) is 10.0. The maximum absolute atomic E-state index is 12.7. The zero-order valence-electron chi connectivity index (χ0n) is 13.1. The number of hydrogen-bond acceptors (Lipinski definition) is 5. The van der Waals surface area contributed by atoms with Gasteiger partial charge in [-0.2, -0.15) is 0 Å². The van der Waals surface area contributed by atoms with E-state index in [1.165, 1.54) is 0 Å². The molecule has 1 aliphatic carbocycles. The fourth-order valence-corrected chi connectivity index (χ4v) is 3.82. The van der Waals surface area contributed by atoms with Crippen LogP contribution in [0.4, 0.5) is 0 Å². The monoisotopic (exact) mass is 318 g/mol. The number of piperazine rings is 1. The van der Waals surface area contributed by atoms with E-state index in [2.05, 4.69) is 4.90 Å². The average molecular weight is 318 g/mol. The van der Waals surface area contributed by atoms with Crippen LogP contribution in [-0.2, 0) is 0 Å². The molecule has 23 heavy (non-hydrogen) atoms. The summed E-state index contributed by atoms with van der Waals surface area (Å²) >= 11 is 0. The number of hydrogen-bond donors (Lipinski definition) is 1. The fourth-order valence-electron chi connectivity index (χ4n) is 3.82. The molecule has 124 valence electrons. The molecule has 0 spiro atoms. The third-order valence-electron chi connectivity index (χ3n) is 5.13. The molecular weight excluding hydrogens is 296 g/mol. The minimum atomic E-state index is -0.203. The number of carbonyl (C=O) groups excluding carboxylic acids is 1. The summed E-state index contributed by atoms with van der Waals surface area (Å²) in [5.74, 6) is 1.38. The van der Waals surface area contributed by atoms with Crippen LogP contribution in [0.2, 0.25) is 0 Å². The van der Waals surface area contributed by atoms with Gasteiger partial charge >= 0.3 is 0 Å². The van der Waals surface area contributed by atoms with Crippen LogP contribution in [0, 0.1) is 0 Å². The SMILES string of the molecule is O=C(c1ccc2c(c1)OCO2)N1CCN([C@H]2CCC[C@@H]2O)CC1. The van der Waals surface area contributed by atoms with Gasteiger partial charge in [-0.25, -0.2) is 0 Å². The zero-order chi connectivity index (χ0) is 15.8.